The van der Waals surface area contributed by atoms with Crippen LogP contribution < -0.4 is 14.8 Å². The molecule has 1 heterocycles. The summed E-state index contributed by atoms with van der Waals surface area (Å²) in [6.07, 6.45) is 5.24. The molecule has 0 saturated carbocycles. The van der Waals surface area contributed by atoms with E-state index in [2.05, 4.69) is 20.8 Å². The number of tetrazole rings is 1. The van der Waals surface area contributed by atoms with E-state index >= 15 is 0 Å². The number of amides is 1. The average molecular weight is 379 g/mol. The van der Waals surface area contributed by atoms with Crippen molar-refractivity contribution in [2.75, 3.05) is 19.5 Å². The minimum absolute atomic E-state index is 0.260. The van der Waals surface area contributed by atoms with E-state index in [9.17, 15) is 4.79 Å². The third kappa shape index (κ3) is 3.71. The highest BCUT2D eigenvalue weighted by Crippen LogP contribution is 2.34. The lowest BCUT2D eigenvalue weighted by atomic mass is 10.1. The Kier molecular flexibility index (Phi) is 5.69. The van der Waals surface area contributed by atoms with Crippen molar-refractivity contribution in [3.8, 4) is 17.2 Å². The van der Waals surface area contributed by atoms with Crippen molar-refractivity contribution in [1.82, 2.24) is 20.2 Å². The number of benzene rings is 2. The van der Waals surface area contributed by atoms with Crippen LogP contribution in [0.2, 0.25) is 0 Å². The van der Waals surface area contributed by atoms with Crippen LogP contribution in [0.4, 0.5) is 5.69 Å². The monoisotopic (exact) mass is 379 g/mol. The zero-order valence-electron chi connectivity index (χ0n) is 16.1. The Morgan fingerprint density at radius 1 is 1.21 bits per heavy atom. The standard InChI is InChI=1S/C20H21N5O3/c1-5-7-14-10-15(11-18(27-3)19(14)28-4)20(26)22-16-8-6-9-17(13(16)2)25-12-21-23-24-25/h5-12H,1-4H3,(H,22,26). The maximum absolute atomic E-state index is 12.9. The third-order valence-electron chi connectivity index (χ3n) is 4.27. The van der Waals surface area contributed by atoms with Crippen LogP contribution >= 0.6 is 0 Å². The lowest BCUT2D eigenvalue weighted by Gasteiger charge is -2.15. The van der Waals surface area contributed by atoms with Crippen molar-refractivity contribution >= 4 is 17.7 Å². The first-order valence-corrected chi connectivity index (χ1v) is 8.62. The first kappa shape index (κ1) is 19.1. The van der Waals surface area contributed by atoms with E-state index in [4.69, 9.17) is 9.47 Å². The van der Waals surface area contributed by atoms with Gasteiger partial charge < -0.3 is 14.8 Å². The number of allylic oxidation sites excluding steroid dienone is 1. The first-order valence-electron chi connectivity index (χ1n) is 8.62. The van der Waals surface area contributed by atoms with Gasteiger partial charge >= 0.3 is 0 Å². The fourth-order valence-electron chi connectivity index (χ4n) is 2.90. The van der Waals surface area contributed by atoms with Crippen LogP contribution in [-0.4, -0.2) is 40.3 Å². The summed E-state index contributed by atoms with van der Waals surface area (Å²) in [5, 5.41) is 14.2. The van der Waals surface area contributed by atoms with Gasteiger partial charge in [0.15, 0.2) is 11.5 Å². The fraction of sp³-hybridized carbons (Fsp3) is 0.200. The summed E-state index contributed by atoms with van der Waals surface area (Å²) in [4.78, 5) is 12.9. The number of carbonyl (C=O) groups excluding carboxylic acids is 1. The van der Waals surface area contributed by atoms with Gasteiger partial charge in [0.25, 0.3) is 5.91 Å². The van der Waals surface area contributed by atoms with Crippen molar-refractivity contribution in [3.63, 3.8) is 0 Å². The summed E-state index contributed by atoms with van der Waals surface area (Å²) in [6, 6.07) is 8.95. The fourth-order valence-corrected chi connectivity index (χ4v) is 2.90. The second-order valence-electron chi connectivity index (χ2n) is 5.96. The van der Waals surface area contributed by atoms with Crippen LogP contribution in [0.25, 0.3) is 11.8 Å². The molecule has 28 heavy (non-hydrogen) atoms. The van der Waals surface area contributed by atoms with Crippen LogP contribution in [0.1, 0.15) is 28.4 Å². The number of hydrogen-bond acceptors (Lipinski definition) is 6. The highest BCUT2D eigenvalue weighted by atomic mass is 16.5. The molecule has 0 spiro atoms. The topological polar surface area (TPSA) is 91.2 Å². The summed E-state index contributed by atoms with van der Waals surface area (Å²) < 4.78 is 12.4. The average Bonchev–Trinajstić information content (AvgIpc) is 3.23. The number of rotatable bonds is 6. The summed E-state index contributed by atoms with van der Waals surface area (Å²) in [5.74, 6) is 0.806. The van der Waals surface area contributed by atoms with E-state index in [0.29, 0.717) is 22.7 Å². The highest BCUT2D eigenvalue weighted by molar-refractivity contribution is 6.05. The van der Waals surface area contributed by atoms with Crippen molar-refractivity contribution in [1.29, 1.82) is 0 Å². The van der Waals surface area contributed by atoms with Gasteiger partial charge in [0.1, 0.15) is 6.33 Å². The zero-order valence-corrected chi connectivity index (χ0v) is 16.1. The Morgan fingerprint density at radius 2 is 2.04 bits per heavy atom. The molecular weight excluding hydrogens is 358 g/mol. The molecule has 0 aliphatic carbocycles. The van der Waals surface area contributed by atoms with Gasteiger partial charge in [0.2, 0.25) is 0 Å². The molecule has 3 rings (SSSR count). The largest absolute Gasteiger partial charge is 0.493 e. The molecule has 0 aliphatic rings. The molecule has 1 aromatic heterocycles. The van der Waals surface area contributed by atoms with Gasteiger partial charge in [-0.2, -0.15) is 0 Å². The summed E-state index contributed by atoms with van der Waals surface area (Å²) in [5.41, 5.74) is 3.51. The lowest BCUT2D eigenvalue weighted by Crippen LogP contribution is -2.14. The molecule has 1 N–H and O–H groups in total. The minimum atomic E-state index is -0.260. The lowest BCUT2D eigenvalue weighted by molar-refractivity contribution is 0.102. The Balaban J connectivity index is 1.96. The van der Waals surface area contributed by atoms with Crippen LogP contribution in [0, 0.1) is 6.92 Å². The van der Waals surface area contributed by atoms with E-state index in [1.165, 1.54) is 6.33 Å². The predicted octanol–water partition coefficient (Wildman–Crippen LogP) is 3.27. The maximum Gasteiger partial charge on any atom is 0.255 e. The van der Waals surface area contributed by atoms with Gasteiger partial charge in [0, 0.05) is 16.8 Å². The molecular formula is C20H21N5O3. The minimum Gasteiger partial charge on any atom is -0.493 e. The number of nitrogens with zero attached hydrogens (tertiary/aromatic N) is 4. The Labute approximate surface area is 162 Å². The van der Waals surface area contributed by atoms with Crippen molar-refractivity contribution < 1.29 is 14.3 Å². The summed E-state index contributed by atoms with van der Waals surface area (Å²) in [6.45, 7) is 3.79. The summed E-state index contributed by atoms with van der Waals surface area (Å²) in [7, 11) is 3.11. The maximum atomic E-state index is 12.9. The van der Waals surface area contributed by atoms with Crippen LogP contribution in [-0.2, 0) is 0 Å². The van der Waals surface area contributed by atoms with Gasteiger partial charge in [-0.15, -0.1) is 5.10 Å². The zero-order chi connectivity index (χ0) is 20.1. The third-order valence-corrected chi connectivity index (χ3v) is 4.27. The Hall–Kier alpha value is -3.68. The molecule has 0 atom stereocenters. The van der Waals surface area contributed by atoms with Gasteiger partial charge in [-0.25, -0.2) is 4.68 Å². The first-order chi connectivity index (χ1) is 13.6. The van der Waals surface area contributed by atoms with E-state index in [1.807, 2.05) is 44.2 Å². The molecule has 0 unspecified atom stereocenters. The molecule has 0 aliphatic heterocycles. The Morgan fingerprint density at radius 3 is 2.68 bits per heavy atom. The molecule has 144 valence electrons. The second kappa shape index (κ2) is 8.34. The molecule has 1 amide bonds. The van der Waals surface area contributed by atoms with Crippen LogP contribution in [0.3, 0.4) is 0 Å². The number of methoxy groups -OCH3 is 2. The molecule has 8 heteroatoms. The van der Waals surface area contributed by atoms with Gasteiger partial charge in [0.05, 0.1) is 19.9 Å². The van der Waals surface area contributed by atoms with E-state index in [-0.39, 0.29) is 5.91 Å². The van der Waals surface area contributed by atoms with E-state index < -0.39 is 0 Å². The molecule has 0 fully saturated rings. The molecule has 0 saturated heterocycles. The molecule has 8 nitrogen and oxygen atoms in total. The smallest absolute Gasteiger partial charge is 0.255 e. The SMILES string of the molecule is CC=Cc1cc(C(=O)Nc2cccc(-n3cnnn3)c2C)cc(OC)c1OC. The second-order valence-corrected chi connectivity index (χ2v) is 5.96. The molecule has 2 aromatic carbocycles. The number of ether oxygens (including phenoxy) is 2. The Bertz CT molecular complexity index is 1010. The van der Waals surface area contributed by atoms with Crippen molar-refractivity contribution in [3.05, 3.63) is 59.4 Å². The number of anilines is 1. The van der Waals surface area contributed by atoms with E-state index in [0.717, 1.165) is 16.8 Å². The van der Waals surface area contributed by atoms with Gasteiger partial charge in [-0.1, -0.05) is 18.2 Å². The van der Waals surface area contributed by atoms with Crippen molar-refractivity contribution in [2.24, 2.45) is 0 Å². The normalized spacial score (nSPS) is 10.9. The highest BCUT2D eigenvalue weighted by Gasteiger charge is 2.16. The number of aromatic nitrogens is 4. The summed E-state index contributed by atoms with van der Waals surface area (Å²) >= 11 is 0. The predicted molar refractivity (Wildman–Crippen MR) is 106 cm³/mol. The molecule has 3 aromatic rings. The van der Waals surface area contributed by atoms with E-state index in [1.54, 1.807) is 31.0 Å². The quantitative estimate of drug-likeness (QED) is 0.707. The van der Waals surface area contributed by atoms with Gasteiger partial charge in [-0.05, 0) is 54.1 Å². The van der Waals surface area contributed by atoms with Gasteiger partial charge in [-0.3, -0.25) is 4.79 Å². The number of hydrogen-bond donors (Lipinski definition) is 1. The number of nitrogens with one attached hydrogen (secondary N) is 1. The van der Waals surface area contributed by atoms with Crippen LogP contribution in [0.15, 0.2) is 42.7 Å². The van der Waals surface area contributed by atoms with Crippen molar-refractivity contribution in [2.45, 2.75) is 13.8 Å². The van der Waals surface area contributed by atoms with Crippen LogP contribution in [0.5, 0.6) is 11.5 Å². The number of carbonyl (C=O) groups is 1. The molecule has 0 bridgehead atoms. The molecule has 0 radical (unpaired) electrons.